The maximum atomic E-state index is 12.0. The van der Waals surface area contributed by atoms with E-state index in [9.17, 15) is 15.2 Å². The molecule has 1 N–H and O–H groups in total. The van der Waals surface area contributed by atoms with Crippen LogP contribution < -0.4 is 0 Å². The van der Waals surface area contributed by atoms with Gasteiger partial charge in [-0.3, -0.25) is 4.79 Å². The quantitative estimate of drug-likeness (QED) is 0.731. The molecular formula is C24H27NO2. The maximum absolute atomic E-state index is 12.0. The molecule has 3 heteroatoms. The van der Waals surface area contributed by atoms with Crippen LogP contribution in [0.4, 0.5) is 0 Å². The van der Waals surface area contributed by atoms with E-state index >= 15 is 0 Å². The zero-order valence-electron chi connectivity index (χ0n) is 16.1. The maximum Gasteiger partial charge on any atom is 0.324 e. The molecule has 140 valence electrons. The van der Waals surface area contributed by atoms with Crippen LogP contribution in [-0.4, -0.2) is 11.1 Å². The van der Waals surface area contributed by atoms with Crippen molar-refractivity contribution in [1.29, 1.82) is 5.26 Å². The van der Waals surface area contributed by atoms with Gasteiger partial charge in [-0.05, 0) is 47.4 Å². The molecule has 0 amide bonds. The molecule has 0 aromatic heterocycles. The summed E-state index contributed by atoms with van der Waals surface area (Å²) in [6, 6.07) is 18.9. The summed E-state index contributed by atoms with van der Waals surface area (Å²) in [5.74, 6) is -1.08. The van der Waals surface area contributed by atoms with Gasteiger partial charge in [0.25, 0.3) is 0 Å². The van der Waals surface area contributed by atoms with E-state index in [1.54, 1.807) is 0 Å². The molecule has 3 unspecified atom stereocenters. The molecule has 0 radical (unpaired) electrons. The predicted molar refractivity (Wildman–Crippen MR) is 107 cm³/mol. The number of aliphatic carboxylic acids is 1. The summed E-state index contributed by atoms with van der Waals surface area (Å²) in [7, 11) is 0. The molecule has 1 fully saturated rings. The van der Waals surface area contributed by atoms with Crippen LogP contribution in [0.1, 0.15) is 56.6 Å². The van der Waals surface area contributed by atoms with E-state index in [1.807, 2.05) is 12.1 Å². The first-order chi connectivity index (χ1) is 13.0. The van der Waals surface area contributed by atoms with Gasteiger partial charge in [0.15, 0.2) is 5.41 Å². The minimum absolute atomic E-state index is 0.175. The van der Waals surface area contributed by atoms with Crippen molar-refractivity contribution in [3.63, 3.8) is 0 Å². The average Bonchev–Trinajstić information content (AvgIpc) is 2.68. The minimum Gasteiger partial charge on any atom is -0.480 e. The summed E-state index contributed by atoms with van der Waals surface area (Å²) < 4.78 is 0. The van der Waals surface area contributed by atoms with Crippen LogP contribution in [0.5, 0.6) is 0 Å². The number of hydrogen-bond donors (Lipinski definition) is 1. The van der Waals surface area contributed by atoms with Gasteiger partial charge < -0.3 is 5.11 Å². The van der Waals surface area contributed by atoms with E-state index < -0.39 is 11.4 Å². The first-order valence-corrected chi connectivity index (χ1v) is 9.85. The Morgan fingerprint density at radius 3 is 2.26 bits per heavy atom. The second-order valence-corrected chi connectivity index (χ2v) is 7.80. The molecule has 2 aromatic rings. The third-order valence-electron chi connectivity index (χ3n) is 6.01. The van der Waals surface area contributed by atoms with Gasteiger partial charge in [0.1, 0.15) is 0 Å². The van der Waals surface area contributed by atoms with E-state index in [1.165, 1.54) is 5.56 Å². The number of carboxylic acid groups (broad SMARTS) is 1. The standard InChI is InChI=1S/C24H27NO2/c1-3-5-18-7-9-19(10-8-18)20-11-13-21(14-12-20)22-17(2)6-4-15-24(22,16-25)23(26)27/h7-14,17,22H,3-6,15H2,1-2H3,(H,26,27). The van der Waals surface area contributed by atoms with Crippen molar-refractivity contribution in [1.82, 2.24) is 0 Å². The van der Waals surface area contributed by atoms with E-state index in [2.05, 4.69) is 56.3 Å². The lowest BCUT2D eigenvalue weighted by Gasteiger charge is -2.40. The highest BCUT2D eigenvalue weighted by Gasteiger charge is 2.51. The van der Waals surface area contributed by atoms with Crippen molar-refractivity contribution < 1.29 is 9.90 Å². The van der Waals surface area contributed by atoms with Crippen molar-refractivity contribution in [3.05, 3.63) is 59.7 Å². The van der Waals surface area contributed by atoms with Crippen LogP contribution in [0, 0.1) is 22.7 Å². The molecule has 0 bridgehead atoms. The fourth-order valence-electron chi connectivity index (χ4n) is 4.57. The molecule has 1 aliphatic rings. The fourth-order valence-corrected chi connectivity index (χ4v) is 4.57. The number of benzene rings is 2. The smallest absolute Gasteiger partial charge is 0.324 e. The molecule has 0 heterocycles. The first kappa shape index (κ1) is 19.2. The molecule has 1 aliphatic carbocycles. The molecule has 3 nitrogen and oxygen atoms in total. The predicted octanol–water partition coefficient (Wildman–Crippen LogP) is 5.80. The lowest BCUT2D eigenvalue weighted by atomic mass is 9.60. The van der Waals surface area contributed by atoms with Gasteiger partial charge in [0, 0.05) is 5.92 Å². The summed E-state index contributed by atoms with van der Waals surface area (Å²) in [4.78, 5) is 12.0. The molecule has 2 aromatic carbocycles. The fraction of sp³-hybridized carbons (Fsp3) is 0.417. The van der Waals surface area contributed by atoms with Crippen molar-refractivity contribution in [3.8, 4) is 17.2 Å². The molecule has 0 aliphatic heterocycles. The molecule has 27 heavy (non-hydrogen) atoms. The molecular weight excluding hydrogens is 334 g/mol. The van der Waals surface area contributed by atoms with Crippen LogP contribution in [0.2, 0.25) is 0 Å². The second kappa shape index (κ2) is 7.96. The number of carboxylic acids is 1. The van der Waals surface area contributed by atoms with E-state index in [0.717, 1.165) is 42.4 Å². The van der Waals surface area contributed by atoms with Crippen molar-refractivity contribution in [2.45, 2.75) is 51.9 Å². The Balaban J connectivity index is 1.91. The summed E-state index contributed by atoms with van der Waals surface area (Å²) in [5, 5.41) is 19.6. The number of aryl methyl sites for hydroxylation is 1. The third-order valence-corrected chi connectivity index (χ3v) is 6.01. The van der Waals surface area contributed by atoms with Crippen LogP contribution in [0.15, 0.2) is 48.5 Å². The Kier molecular flexibility index (Phi) is 5.65. The van der Waals surface area contributed by atoms with Gasteiger partial charge in [0.2, 0.25) is 0 Å². The van der Waals surface area contributed by atoms with Crippen molar-refractivity contribution >= 4 is 5.97 Å². The number of hydrogen-bond acceptors (Lipinski definition) is 2. The van der Waals surface area contributed by atoms with Gasteiger partial charge >= 0.3 is 5.97 Å². The van der Waals surface area contributed by atoms with Crippen LogP contribution in [0.3, 0.4) is 0 Å². The highest BCUT2D eigenvalue weighted by molar-refractivity contribution is 5.80. The highest BCUT2D eigenvalue weighted by atomic mass is 16.4. The first-order valence-electron chi connectivity index (χ1n) is 9.85. The summed E-state index contributed by atoms with van der Waals surface area (Å²) in [5.41, 5.74) is 3.25. The van der Waals surface area contributed by atoms with Gasteiger partial charge in [-0.1, -0.05) is 75.2 Å². The SMILES string of the molecule is CCCc1ccc(-c2ccc(C3C(C)CCCC3(C#N)C(=O)O)cc2)cc1. The normalized spacial score (nSPS) is 24.9. The minimum atomic E-state index is -1.32. The highest BCUT2D eigenvalue weighted by Crippen LogP contribution is 2.50. The zero-order chi connectivity index (χ0) is 19.4. The van der Waals surface area contributed by atoms with Gasteiger partial charge in [-0.2, -0.15) is 5.26 Å². The Hall–Kier alpha value is -2.60. The molecule has 3 atom stereocenters. The topological polar surface area (TPSA) is 61.1 Å². The Morgan fingerprint density at radius 1 is 1.15 bits per heavy atom. The number of nitriles is 1. The largest absolute Gasteiger partial charge is 0.480 e. The lowest BCUT2D eigenvalue weighted by molar-refractivity contribution is -0.149. The van der Waals surface area contributed by atoms with Crippen LogP contribution >= 0.6 is 0 Å². The molecule has 0 spiro atoms. The molecule has 3 rings (SSSR count). The van der Waals surface area contributed by atoms with E-state index in [0.29, 0.717) is 6.42 Å². The number of rotatable bonds is 5. The van der Waals surface area contributed by atoms with Gasteiger partial charge in [0.05, 0.1) is 6.07 Å². The second-order valence-electron chi connectivity index (χ2n) is 7.80. The van der Waals surface area contributed by atoms with E-state index in [-0.39, 0.29) is 11.8 Å². The Bertz CT molecular complexity index is 832. The van der Waals surface area contributed by atoms with Gasteiger partial charge in [-0.25, -0.2) is 0 Å². The van der Waals surface area contributed by atoms with Crippen LogP contribution in [-0.2, 0) is 11.2 Å². The molecule has 0 saturated heterocycles. The average molecular weight is 361 g/mol. The third kappa shape index (κ3) is 3.62. The number of carbonyl (C=O) groups is 1. The summed E-state index contributed by atoms with van der Waals surface area (Å²) in [6.07, 6.45) is 4.40. The van der Waals surface area contributed by atoms with E-state index in [4.69, 9.17) is 0 Å². The summed E-state index contributed by atoms with van der Waals surface area (Å²) in [6.45, 7) is 4.25. The zero-order valence-corrected chi connectivity index (χ0v) is 16.1. The number of nitrogens with zero attached hydrogens (tertiary/aromatic N) is 1. The van der Waals surface area contributed by atoms with Gasteiger partial charge in [-0.15, -0.1) is 0 Å². The Labute approximate surface area is 161 Å². The van der Waals surface area contributed by atoms with Crippen molar-refractivity contribution in [2.75, 3.05) is 0 Å². The Morgan fingerprint density at radius 2 is 1.74 bits per heavy atom. The lowest BCUT2D eigenvalue weighted by Crippen LogP contribution is -2.42. The van der Waals surface area contributed by atoms with Crippen molar-refractivity contribution in [2.24, 2.45) is 11.3 Å². The molecule has 1 saturated carbocycles. The summed E-state index contributed by atoms with van der Waals surface area (Å²) >= 11 is 0. The monoisotopic (exact) mass is 361 g/mol. The van der Waals surface area contributed by atoms with Crippen LogP contribution in [0.25, 0.3) is 11.1 Å².